The highest BCUT2D eigenvalue weighted by Crippen LogP contribution is 2.25. The van der Waals surface area contributed by atoms with Crippen molar-refractivity contribution in [2.24, 2.45) is 0 Å². The molecule has 0 fully saturated rings. The third-order valence-electron chi connectivity index (χ3n) is 2.11. The van der Waals surface area contributed by atoms with Crippen LogP contribution in [0.4, 0.5) is 0 Å². The molecule has 0 radical (unpaired) electrons. The Bertz CT molecular complexity index is 394. The van der Waals surface area contributed by atoms with Crippen LogP contribution in [0.3, 0.4) is 0 Å². The third-order valence-corrected chi connectivity index (χ3v) is 2.11. The van der Waals surface area contributed by atoms with Crippen LogP contribution in [-0.4, -0.2) is 6.29 Å². The highest BCUT2D eigenvalue weighted by molar-refractivity contribution is 5.76. The Morgan fingerprint density at radius 2 is 2.00 bits per heavy atom. The molecule has 1 rings (SSSR count). The Balaban J connectivity index is 3.34. The maximum atomic E-state index is 10.5. The van der Waals surface area contributed by atoms with E-state index >= 15 is 0 Å². The minimum Gasteiger partial charge on any atom is -0.298 e. The predicted molar refractivity (Wildman–Crippen MR) is 55.2 cm³/mol. The fourth-order valence-corrected chi connectivity index (χ4v) is 1.38. The molecule has 0 aromatic heterocycles. The van der Waals surface area contributed by atoms with Crippen molar-refractivity contribution >= 4 is 6.29 Å². The summed E-state index contributed by atoms with van der Waals surface area (Å²) in [4.78, 5) is 10.5. The van der Waals surface area contributed by atoms with Gasteiger partial charge in [-0.2, -0.15) is 5.26 Å². The molecule has 0 bridgehead atoms. The first-order valence-corrected chi connectivity index (χ1v) is 4.49. The van der Waals surface area contributed by atoms with Gasteiger partial charge in [0.2, 0.25) is 0 Å². The van der Waals surface area contributed by atoms with Gasteiger partial charge < -0.3 is 0 Å². The summed E-state index contributed by atoms with van der Waals surface area (Å²) in [5.74, 6) is 0. The van der Waals surface area contributed by atoms with Gasteiger partial charge in [-0.05, 0) is 17.0 Å². The molecule has 1 aromatic rings. The summed E-state index contributed by atoms with van der Waals surface area (Å²) in [6.07, 6.45) is 0.757. The first-order chi connectivity index (χ1) is 6.49. The Labute approximate surface area is 84.2 Å². The normalized spacial score (nSPS) is 10.7. The third kappa shape index (κ3) is 2.00. The fraction of sp³-hybridized carbons (Fsp3) is 0.333. The van der Waals surface area contributed by atoms with Crippen molar-refractivity contribution in [2.75, 3.05) is 0 Å². The highest BCUT2D eigenvalue weighted by Gasteiger charge is 2.17. The van der Waals surface area contributed by atoms with Gasteiger partial charge in [0.25, 0.3) is 0 Å². The van der Waals surface area contributed by atoms with Gasteiger partial charge >= 0.3 is 0 Å². The molecule has 0 saturated heterocycles. The van der Waals surface area contributed by atoms with E-state index in [2.05, 4.69) is 6.07 Å². The lowest BCUT2D eigenvalue weighted by molar-refractivity contribution is 0.112. The summed E-state index contributed by atoms with van der Waals surface area (Å²) in [6, 6.07) is 7.34. The first-order valence-electron chi connectivity index (χ1n) is 4.49. The van der Waals surface area contributed by atoms with Crippen LogP contribution in [0.15, 0.2) is 18.2 Å². The van der Waals surface area contributed by atoms with Gasteiger partial charge in [0, 0.05) is 5.56 Å². The zero-order chi connectivity index (χ0) is 10.8. The Morgan fingerprint density at radius 1 is 1.36 bits per heavy atom. The van der Waals surface area contributed by atoms with Gasteiger partial charge in [-0.1, -0.05) is 32.9 Å². The zero-order valence-corrected chi connectivity index (χ0v) is 8.66. The van der Waals surface area contributed by atoms with Crippen LogP contribution >= 0.6 is 0 Å². The molecule has 0 N–H and O–H groups in total. The van der Waals surface area contributed by atoms with E-state index in [9.17, 15) is 4.79 Å². The summed E-state index contributed by atoms with van der Waals surface area (Å²) >= 11 is 0. The van der Waals surface area contributed by atoms with Crippen LogP contribution in [0.1, 0.15) is 42.3 Å². The van der Waals surface area contributed by atoms with Gasteiger partial charge in [0.15, 0.2) is 0 Å². The number of nitriles is 1. The second kappa shape index (κ2) is 3.63. The second-order valence-corrected chi connectivity index (χ2v) is 4.28. The molecule has 0 atom stereocenters. The summed E-state index contributed by atoms with van der Waals surface area (Å²) in [5, 5.41) is 8.94. The van der Waals surface area contributed by atoms with Crippen molar-refractivity contribution < 1.29 is 4.79 Å². The number of hydrogen-bond acceptors (Lipinski definition) is 2. The van der Waals surface area contributed by atoms with E-state index in [0.717, 1.165) is 11.8 Å². The molecule has 0 heterocycles. The van der Waals surface area contributed by atoms with Crippen LogP contribution < -0.4 is 0 Å². The van der Waals surface area contributed by atoms with Crippen LogP contribution in [-0.2, 0) is 5.41 Å². The van der Waals surface area contributed by atoms with E-state index in [1.807, 2.05) is 26.8 Å². The Kier molecular flexibility index (Phi) is 2.71. The maximum absolute atomic E-state index is 10.5. The molecule has 2 nitrogen and oxygen atoms in total. The molecule has 2 heteroatoms. The van der Waals surface area contributed by atoms with Crippen molar-refractivity contribution in [2.45, 2.75) is 26.2 Å². The standard InChI is InChI=1S/C12H13NO/c1-12(2,3)11-5-4-9(8-14)6-10(11)7-13/h4-6,8H,1-3H3. The van der Waals surface area contributed by atoms with Crippen molar-refractivity contribution in [3.05, 3.63) is 34.9 Å². The molecule has 14 heavy (non-hydrogen) atoms. The second-order valence-electron chi connectivity index (χ2n) is 4.28. The van der Waals surface area contributed by atoms with E-state index in [4.69, 9.17) is 5.26 Å². The molecular formula is C12H13NO. The van der Waals surface area contributed by atoms with Gasteiger partial charge in [-0.15, -0.1) is 0 Å². The smallest absolute Gasteiger partial charge is 0.150 e. The number of aldehydes is 1. The van der Waals surface area contributed by atoms with Gasteiger partial charge in [0.1, 0.15) is 6.29 Å². The predicted octanol–water partition coefficient (Wildman–Crippen LogP) is 2.67. The number of rotatable bonds is 1. The molecule has 0 saturated carbocycles. The van der Waals surface area contributed by atoms with Gasteiger partial charge in [0.05, 0.1) is 11.6 Å². The van der Waals surface area contributed by atoms with Crippen molar-refractivity contribution in [1.82, 2.24) is 0 Å². The van der Waals surface area contributed by atoms with Crippen LogP contribution in [0.2, 0.25) is 0 Å². The lowest BCUT2D eigenvalue weighted by Crippen LogP contribution is -2.13. The quantitative estimate of drug-likeness (QED) is 0.634. The molecule has 72 valence electrons. The van der Waals surface area contributed by atoms with Gasteiger partial charge in [-0.3, -0.25) is 4.79 Å². The topological polar surface area (TPSA) is 40.9 Å². The lowest BCUT2D eigenvalue weighted by Gasteiger charge is -2.20. The lowest BCUT2D eigenvalue weighted by atomic mass is 9.83. The summed E-state index contributed by atoms with van der Waals surface area (Å²) < 4.78 is 0. The van der Waals surface area contributed by atoms with E-state index in [-0.39, 0.29) is 5.41 Å². The Hall–Kier alpha value is -1.62. The number of carbonyl (C=O) groups excluding carboxylic acids is 1. The van der Waals surface area contributed by atoms with Gasteiger partial charge in [-0.25, -0.2) is 0 Å². The first kappa shape index (κ1) is 10.5. The number of hydrogen-bond donors (Lipinski definition) is 0. The number of benzene rings is 1. The number of nitrogens with zero attached hydrogens (tertiary/aromatic N) is 1. The average Bonchev–Trinajstić information content (AvgIpc) is 2.15. The van der Waals surface area contributed by atoms with E-state index in [1.54, 1.807) is 12.1 Å². The molecular weight excluding hydrogens is 174 g/mol. The summed E-state index contributed by atoms with van der Waals surface area (Å²) in [6.45, 7) is 6.14. The fourth-order valence-electron chi connectivity index (χ4n) is 1.38. The van der Waals surface area contributed by atoms with Crippen LogP contribution in [0.5, 0.6) is 0 Å². The highest BCUT2D eigenvalue weighted by atomic mass is 16.1. The van der Waals surface area contributed by atoms with E-state index in [0.29, 0.717) is 11.1 Å². The SMILES string of the molecule is CC(C)(C)c1ccc(C=O)cc1C#N. The molecule has 0 unspecified atom stereocenters. The van der Waals surface area contributed by atoms with Crippen LogP contribution in [0.25, 0.3) is 0 Å². The summed E-state index contributed by atoms with van der Waals surface area (Å²) in [7, 11) is 0. The molecule has 0 aliphatic rings. The number of carbonyl (C=O) groups is 1. The molecule has 0 spiro atoms. The van der Waals surface area contributed by atoms with Crippen molar-refractivity contribution in [3.8, 4) is 6.07 Å². The molecule has 0 amide bonds. The molecule has 0 aliphatic carbocycles. The zero-order valence-electron chi connectivity index (χ0n) is 8.66. The average molecular weight is 187 g/mol. The summed E-state index contributed by atoms with van der Waals surface area (Å²) in [5.41, 5.74) is 2.05. The maximum Gasteiger partial charge on any atom is 0.150 e. The monoisotopic (exact) mass is 187 g/mol. The minimum absolute atomic E-state index is 0.0630. The van der Waals surface area contributed by atoms with Crippen molar-refractivity contribution in [3.63, 3.8) is 0 Å². The van der Waals surface area contributed by atoms with Crippen LogP contribution in [0, 0.1) is 11.3 Å². The van der Waals surface area contributed by atoms with Crippen molar-refractivity contribution in [1.29, 1.82) is 5.26 Å². The minimum atomic E-state index is -0.0630. The van der Waals surface area contributed by atoms with E-state index < -0.39 is 0 Å². The largest absolute Gasteiger partial charge is 0.298 e. The van der Waals surface area contributed by atoms with E-state index in [1.165, 1.54) is 0 Å². The molecule has 1 aromatic carbocycles. The Morgan fingerprint density at radius 3 is 2.43 bits per heavy atom. The molecule has 0 aliphatic heterocycles.